The summed E-state index contributed by atoms with van der Waals surface area (Å²) in [5, 5.41) is 3.50. The molecular formula is C19H32N2O2. The predicted octanol–water partition coefficient (Wildman–Crippen LogP) is 4.29. The Morgan fingerprint density at radius 1 is 1.26 bits per heavy atom. The van der Waals surface area contributed by atoms with Crippen molar-refractivity contribution >= 4 is 6.09 Å². The summed E-state index contributed by atoms with van der Waals surface area (Å²) in [5.74, 6) is 0. The Hall–Kier alpha value is -1.55. The van der Waals surface area contributed by atoms with E-state index in [0.717, 1.165) is 19.5 Å². The highest BCUT2D eigenvalue weighted by Crippen LogP contribution is 2.16. The molecule has 0 aliphatic carbocycles. The third-order valence-corrected chi connectivity index (χ3v) is 3.63. The number of carbonyl (C=O) groups is 1. The van der Waals surface area contributed by atoms with E-state index in [1.54, 1.807) is 4.90 Å². The number of hydrogen-bond acceptors (Lipinski definition) is 3. The summed E-state index contributed by atoms with van der Waals surface area (Å²) >= 11 is 0. The van der Waals surface area contributed by atoms with Crippen LogP contribution in [0.4, 0.5) is 4.79 Å². The van der Waals surface area contributed by atoms with Crippen LogP contribution in [0.1, 0.15) is 58.2 Å². The van der Waals surface area contributed by atoms with E-state index in [1.165, 1.54) is 11.1 Å². The smallest absolute Gasteiger partial charge is 0.410 e. The molecule has 1 unspecified atom stereocenters. The molecular weight excluding hydrogens is 288 g/mol. The van der Waals surface area contributed by atoms with Gasteiger partial charge in [0.15, 0.2) is 0 Å². The number of amides is 1. The van der Waals surface area contributed by atoms with Crippen LogP contribution >= 0.6 is 0 Å². The van der Waals surface area contributed by atoms with Gasteiger partial charge in [0.2, 0.25) is 0 Å². The lowest BCUT2D eigenvalue weighted by Crippen LogP contribution is -2.41. The summed E-state index contributed by atoms with van der Waals surface area (Å²) in [6, 6.07) is 8.64. The van der Waals surface area contributed by atoms with Gasteiger partial charge in [-0.25, -0.2) is 4.79 Å². The molecule has 0 bridgehead atoms. The molecule has 0 aliphatic heterocycles. The molecule has 1 rings (SSSR count). The second kappa shape index (κ2) is 8.92. The highest BCUT2D eigenvalue weighted by molar-refractivity contribution is 5.68. The van der Waals surface area contributed by atoms with Crippen LogP contribution in [0.25, 0.3) is 0 Å². The Labute approximate surface area is 141 Å². The Bertz CT molecular complexity index is 494. The number of nitrogens with one attached hydrogen (secondary N) is 1. The number of nitrogens with zero attached hydrogens (tertiary/aromatic N) is 1. The molecule has 0 spiro atoms. The van der Waals surface area contributed by atoms with E-state index in [4.69, 9.17) is 4.74 Å². The van der Waals surface area contributed by atoms with E-state index in [9.17, 15) is 4.79 Å². The first-order chi connectivity index (χ1) is 10.7. The molecule has 1 N–H and O–H groups in total. The summed E-state index contributed by atoms with van der Waals surface area (Å²) < 4.78 is 5.47. The summed E-state index contributed by atoms with van der Waals surface area (Å²) in [5.41, 5.74) is 2.13. The van der Waals surface area contributed by atoms with Crippen molar-refractivity contribution in [2.45, 2.75) is 59.6 Å². The first-order valence-corrected chi connectivity index (χ1v) is 8.51. The molecule has 4 nitrogen and oxygen atoms in total. The molecule has 1 aromatic carbocycles. The van der Waals surface area contributed by atoms with Crippen LogP contribution in [0.2, 0.25) is 0 Å². The van der Waals surface area contributed by atoms with Gasteiger partial charge in [-0.1, -0.05) is 31.2 Å². The van der Waals surface area contributed by atoms with Gasteiger partial charge >= 0.3 is 6.09 Å². The molecule has 0 aromatic heterocycles. The van der Waals surface area contributed by atoms with Gasteiger partial charge in [0.1, 0.15) is 5.60 Å². The largest absolute Gasteiger partial charge is 0.444 e. The van der Waals surface area contributed by atoms with Gasteiger partial charge in [-0.2, -0.15) is 0 Å². The Balaban J connectivity index is 2.52. The zero-order chi connectivity index (χ0) is 17.5. The molecule has 0 heterocycles. The van der Waals surface area contributed by atoms with E-state index in [1.807, 2.05) is 20.8 Å². The van der Waals surface area contributed by atoms with Crippen molar-refractivity contribution < 1.29 is 9.53 Å². The van der Waals surface area contributed by atoms with Crippen molar-refractivity contribution in [1.29, 1.82) is 0 Å². The maximum absolute atomic E-state index is 12.2. The van der Waals surface area contributed by atoms with Crippen molar-refractivity contribution in [2.75, 3.05) is 19.6 Å². The summed E-state index contributed by atoms with van der Waals surface area (Å²) in [6.07, 6.45) is 0.691. The minimum Gasteiger partial charge on any atom is -0.444 e. The lowest BCUT2D eigenvalue weighted by molar-refractivity contribution is 0.0251. The lowest BCUT2D eigenvalue weighted by atomic mass is 10.0. The molecule has 1 aromatic rings. The highest BCUT2D eigenvalue weighted by Gasteiger charge is 2.21. The first-order valence-electron chi connectivity index (χ1n) is 8.51. The molecule has 0 saturated heterocycles. The monoisotopic (exact) mass is 320 g/mol. The number of rotatable bonds is 7. The van der Waals surface area contributed by atoms with Gasteiger partial charge in [0.25, 0.3) is 0 Å². The molecule has 130 valence electrons. The normalized spacial score (nSPS) is 12.8. The standard InChI is InChI=1S/C19H32N2O2/c1-7-13-21(18(22)23-19(4,5)6)14-12-20-16(3)17-11-9-8-10-15(17)2/h8-11,16,20H,7,12-14H2,1-6H3. The van der Waals surface area contributed by atoms with Gasteiger partial charge < -0.3 is 15.0 Å². The quantitative estimate of drug-likeness (QED) is 0.814. The van der Waals surface area contributed by atoms with E-state index in [2.05, 4.69) is 50.4 Å². The first kappa shape index (κ1) is 19.5. The van der Waals surface area contributed by atoms with Gasteiger partial charge in [-0.15, -0.1) is 0 Å². The van der Waals surface area contributed by atoms with Crippen LogP contribution in [0, 0.1) is 6.92 Å². The predicted molar refractivity (Wildman–Crippen MR) is 95.7 cm³/mol. The van der Waals surface area contributed by atoms with Gasteiger partial charge in [0, 0.05) is 25.7 Å². The zero-order valence-electron chi connectivity index (χ0n) is 15.5. The second-order valence-corrected chi connectivity index (χ2v) is 7.00. The second-order valence-electron chi connectivity index (χ2n) is 7.00. The third kappa shape index (κ3) is 7.04. The SMILES string of the molecule is CCCN(CCNC(C)c1ccccc1C)C(=O)OC(C)(C)C. The minimum atomic E-state index is -0.453. The highest BCUT2D eigenvalue weighted by atomic mass is 16.6. The number of ether oxygens (including phenoxy) is 1. The summed E-state index contributed by atoms with van der Waals surface area (Å²) in [4.78, 5) is 14.0. The minimum absolute atomic E-state index is 0.232. The van der Waals surface area contributed by atoms with E-state index < -0.39 is 5.60 Å². The van der Waals surface area contributed by atoms with Crippen LogP contribution in [0.3, 0.4) is 0 Å². The summed E-state index contributed by atoms with van der Waals surface area (Å²) in [7, 11) is 0. The fourth-order valence-corrected chi connectivity index (χ4v) is 2.49. The average molecular weight is 320 g/mol. The van der Waals surface area contributed by atoms with Crippen molar-refractivity contribution in [1.82, 2.24) is 10.2 Å². The number of carbonyl (C=O) groups excluding carboxylic acids is 1. The van der Waals surface area contributed by atoms with Crippen LogP contribution in [-0.4, -0.2) is 36.2 Å². The molecule has 1 atom stereocenters. The van der Waals surface area contributed by atoms with Crippen LogP contribution < -0.4 is 5.32 Å². The molecule has 0 fully saturated rings. The molecule has 0 aliphatic rings. The molecule has 1 amide bonds. The number of benzene rings is 1. The maximum Gasteiger partial charge on any atom is 0.410 e. The Morgan fingerprint density at radius 3 is 2.48 bits per heavy atom. The lowest BCUT2D eigenvalue weighted by Gasteiger charge is -2.28. The van der Waals surface area contributed by atoms with Crippen molar-refractivity contribution in [2.24, 2.45) is 0 Å². The molecule has 23 heavy (non-hydrogen) atoms. The maximum atomic E-state index is 12.2. The van der Waals surface area contributed by atoms with Gasteiger partial charge in [0.05, 0.1) is 0 Å². The van der Waals surface area contributed by atoms with E-state index in [0.29, 0.717) is 6.54 Å². The molecule has 0 saturated carbocycles. The third-order valence-electron chi connectivity index (χ3n) is 3.63. The summed E-state index contributed by atoms with van der Waals surface area (Å²) in [6.45, 7) is 14.1. The Kier molecular flexibility index (Phi) is 7.56. The average Bonchev–Trinajstić information content (AvgIpc) is 2.44. The van der Waals surface area contributed by atoms with E-state index in [-0.39, 0.29) is 12.1 Å². The number of aryl methyl sites for hydroxylation is 1. The van der Waals surface area contributed by atoms with Crippen LogP contribution in [0.5, 0.6) is 0 Å². The van der Waals surface area contributed by atoms with Crippen molar-refractivity contribution in [3.05, 3.63) is 35.4 Å². The topological polar surface area (TPSA) is 41.6 Å². The van der Waals surface area contributed by atoms with Gasteiger partial charge in [-0.05, 0) is 52.2 Å². The zero-order valence-corrected chi connectivity index (χ0v) is 15.5. The molecule has 4 heteroatoms. The molecule has 0 radical (unpaired) electrons. The van der Waals surface area contributed by atoms with Gasteiger partial charge in [-0.3, -0.25) is 0 Å². The fraction of sp³-hybridized carbons (Fsp3) is 0.632. The van der Waals surface area contributed by atoms with E-state index >= 15 is 0 Å². The number of hydrogen-bond donors (Lipinski definition) is 1. The Morgan fingerprint density at radius 2 is 1.91 bits per heavy atom. The van der Waals surface area contributed by atoms with Crippen LogP contribution in [0.15, 0.2) is 24.3 Å². The van der Waals surface area contributed by atoms with Crippen molar-refractivity contribution in [3.63, 3.8) is 0 Å². The van der Waals surface area contributed by atoms with Crippen molar-refractivity contribution in [3.8, 4) is 0 Å². The fourth-order valence-electron chi connectivity index (χ4n) is 2.49. The van der Waals surface area contributed by atoms with Crippen LogP contribution in [-0.2, 0) is 4.74 Å².